The van der Waals surface area contributed by atoms with Crippen molar-refractivity contribution in [2.24, 2.45) is 0 Å². The Hall–Kier alpha value is -2.02. The number of aryl methyl sites for hydroxylation is 1. The third-order valence-corrected chi connectivity index (χ3v) is 4.48. The van der Waals surface area contributed by atoms with Gasteiger partial charge in [-0.25, -0.2) is 14.8 Å². The van der Waals surface area contributed by atoms with Crippen LogP contribution >= 0.6 is 0 Å². The van der Waals surface area contributed by atoms with Crippen LogP contribution in [-0.4, -0.2) is 56.9 Å². The highest BCUT2D eigenvalue weighted by Crippen LogP contribution is 2.19. The van der Waals surface area contributed by atoms with Gasteiger partial charge in [0.05, 0.1) is 5.69 Å². The Kier molecular flexibility index (Phi) is 4.06. The molecule has 1 aromatic heterocycles. The Bertz CT molecular complexity index is 643. The molecule has 0 atom stereocenters. The van der Waals surface area contributed by atoms with E-state index < -0.39 is 5.54 Å². The molecule has 3 rings (SSSR count). The van der Waals surface area contributed by atoms with Crippen LogP contribution in [0.1, 0.15) is 37.9 Å². The number of amides is 3. The van der Waals surface area contributed by atoms with E-state index in [2.05, 4.69) is 20.2 Å². The van der Waals surface area contributed by atoms with Gasteiger partial charge in [0.15, 0.2) is 0 Å². The topological polar surface area (TPSA) is 78.4 Å². The quantitative estimate of drug-likeness (QED) is 0.828. The SMILES string of the molecule is CCc1ncc2c(n1)CN(CCN1C(=O)NC(C)(C)C1=O)CC2. The molecule has 7 nitrogen and oxygen atoms in total. The highest BCUT2D eigenvalue weighted by molar-refractivity contribution is 6.06. The van der Waals surface area contributed by atoms with Crippen LogP contribution in [0.2, 0.25) is 0 Å². The normalized spacial score (nSPS) is 20.6. The second-order valence-electron chi connectivity index (χ2n) is 6.65. The lowest BCUT2D eigenvalue weighted by Gasteiger charge is -2.29. The summed E-state index contributed by atoms with van der Waals surface area (Å²) in [6.07, 6.45) is 3.66. The lowest BCUT2D eigenvalue weighted by Crippen LogP contribution is -2.42. The predicted octanol–water partition coefficient (Wildman–Crippen LogP) is 0.727. The average Bonchev–Trinajstić information content (AvgIpc) is 2.72. The van der Waals surface area contributed by atoms with Gasteiger partial charge in [-0.05, 0) is 25.8 Å². The van der Waals surface area contributed by atoms with Gasteiger partial charge in [0.1, 0.15) is 11.4 Å². The number of imide groups is 1. The summed E-state index contributed by atoms with van der Waals surface area (Å²) in [5.74, 6) is 0.706. The molecule has 3 heterocycles. The van der Waals surface area contributed by atoms with Gasteiger partial charge in [-0.1, -0.05) is 6.92 Å². The van der Waals surface area contributed by atoms with Gasteiger partial charge in [-0.2, -0.15) is 0 Å². The van der Waals surface area contributed by atoms with Gasteiger partial charge < -0.3 is 5.32 Å². The number of carbonyl (C=O) groups is 2. The van der Waals surface area contributed by atoms with Gasteiger partial charge in [-0.3, -0.25) is 14.6 Å². The van der Waals surface area contributed by atoms with Crippen LogP contribution < -0.4 is 5.32 Å². The molecule has 1 N–H and O–H groups in total. The molecule has 0 radical (unpaired) electrons. The highest BCUT2D eigenvalue weighted by Gasteiger charge is 2.44. The standard InChI is InChI=1S/C16H23N5O2/c1-4-13-17-9-11-5-6-20(10-12(11)18-13)7-8-21-14(22)16(2,3)19-15(21)23/h9H,4-8,10H2,1-3H3,(H,19,23). The van der Waals surface area contributed by atoms with Crippen LogP contribution in [-0.2, 0) is 24.2 Å². The Labute approximate surface area is 136 Å². The molecule has 1 aromatic rings. The number of hydrogen-bond donors (Lipinski definition) is 1. The number of carbonyl (C=O) groups excluding carboxylic acids is 2. The highest BCUT2D eigenvalue weighted by atomic mass is 16.2. The third kappa shape index (κ3) is 3.06. The fraction of sp³-hybridized carbons (Fsp3) is 0.625. The number of hydrogen-bond acceptors (Lipinski definition) is 5. The van der Waals surface area contributed by atoms with Crippen molar-refractivity contribution in [3.05, 3.63) is 23.3 Å². The molecule has 7 heteroatoms. The lowest BCUT2D eigenvalue weighted by molar-refractivity contribution is -0.130. The maximum absolute atomic E-state index is 12.2. The first-order valence-electron chi connectivity index (χ1n) is 8.11. The van der Waals surface area contributed by atoms with Gasteiger partial charge in [-0.15, -0.1) is 0 Å². The zero-order valence-electron chi connectivity index (χ0n) is 13.9. The summed E-state index contributed by atoms with van der Waals surface area (Å²) in [4.78, 5) is 36.6. The Balaban J connectivity index is 1.62. The summed E-state index contributed by atoms with van der Waals surface area (Å²) in [6, 6.07) is -0.298. The van der Waals surface area contributed by atoms with Crippen molar-refractivity contribution in [3.8, 4) is 0 Å². The van der Waals surface area contributed by atoms with Crippen LogP contribution in [0.4, 0.5) is 4.79 Å². The van der Waals surface area contributed by atoms with Crippen molar-refractivity contribution >= 4 is 11.9 Å². The molecule has 0 unspecified atom stereocenters. The van der Waals surface area contributed by atoms with Crippen molar-refractivity contribution in [2.75, 3.05) is 19.6 Å². The molecule has 1 saturated heterocycles. The first kappa shape index (κ1) is 15.9. The minimum atomic E-state index is -0.797. The number of nitrogens with zero attached hydrogens (tertiary/aromatic N) is 4. The molecule has 3 amide bonds. The number of urea groups is 1. The molecular formula is C16H23N5O2. The van der Waals surface area contributed by atoms with E-state index in [1.807, 2.05) is 13.1 Å². The van der Waals surface area contributed by atoms with E-state index in [1.165, 1.54) is 10.5 Å². The Morgan fingerprint density at radius 3 is 2.74 bits per heavy atom. The summed E-state index contributed by atoms with van der Waals surface area (Å²) in [7, 11) is 0. The third-order valence-electron chi connectivity index (χ3n) is 4.48. The summed E-state index contributed by atoms with van der Waals surface area (Å²) in [5.41, 5.74) is 1.48. The van der Waals surface area contributed by atoms with E-state index in [0.29, 0.717) is 13.1 Å². The van der Waals surface area contributed by atoms with E-state index in [9.17, 15) is 9.59 Å². The van der Waals surface area contributed by atoms with Gasteiger partial charge in [0, 0.05) is 38.8 Å². The molecule has 0 saturated carbocycles. The predicted molar refractivity (Wildman–Crippen MR) is 84.7 cm³/mol. The van der Waals surface area contributed by atoms with Crippen molar-refractivity contribution in [3.63, 3.8) is 0 Å². The second kappa shape index (κ2) is 5.88. The molecule has 2 aliphatic heterocycles. The summed E-state index contributed by atoms with van der Waals surface area (Å²) < 4.78 is 0. The fourth-order valence-corrected chi connectivity index (χ4v) is 3.02. The number of rotatable bonds is 4. The second-order valence-corrected chi connectivity index (χ2v) is 6.65. The molecule has 0 spiro atoms. The fourth-order valence-electron chi connectivity index (χ4n) is 3.02. The number of aromatic nitrogens is 2. The minimum absolute atomic E-state index is 0.157. The van der Waals surface area contributed by atoms with Crippen molar-refractivity contribution in [2.45, 2.75) is 45.7 Å². The Morgan fingerprint density at radius 1 is 1.30 bits per heavy atom. The average molecular weight is 317 g/mol. The van der Waals surface area contributed by atoms with Crippen LogP contribution in [0.5, 0.6) is 0 Å². The largest absolute Gasteiger partial charge is 0.325 e. The molecule has 1 fully saturated rings. The van der Waals surface area contributed by atoms with Crippen LogP contribution in [0.3, 0.4) is 0 Å². The molecule has 0 bridgehead atoms. The number of nitrogens with one attached hydrogen (secondary N) is 1. The van der Waals surface area contributed by atoms with E-state index in [-0.39, 0.29) is 11.9 Å². The molecule has 0 aliphatic carbocycles. The number of fused-ring (bicyclic) bond motifs is 1. The maximum Gasteiger partial charge on any atom is 0.325 e. The first-order chi connectivity index (χ1) is 10.9. The van der Waals surface area contributed by atoms with Crippen molar-refractivity contribution in [1.29, 1.82) is 0 Å². The summed E-state index contributed by atoms with van der Waals surface area (Å²) >= 11 is 0. The zero-order valence-corrected chi connectivity index (χ0v) is 13.9. The van der Waals surface area contributed by atoms with Crippen molar-refractivity contribution < 1.29 is 9.59 Å². The van der Waals surface area contributed by atoms with Gasteiger partial charge in [0.2, 0.25) is 0 Å². The molecular weight excluding hydrogens is 294 g/mol. The molecule has 23 heavy (non-hydrogen) atoms. The summed E-state index contributed by atoms with van der Waals surface area (Å²) in [6.45, 7) is 8.23. The monoisotopic (exact) mass is 317 g/mol. The van der Waals surface area contributed by atoms with E-state index in [0.717, 1.165) is 37.4 Å². The maximum atomic E-state index is 12.2. The zero-order chi connectivity index (χ0) is 16.6. The van der Waals surface area contributed by atoms with Crippen molar-refractivity contribution in [1.82, 2.24) is 25.1 Å². The minimum Gasteiger partial charge on any atom is -0.324 e. The van der Waals surface area contributed by atoms with Gasteiger partial charge in [0.25, 0.3) is 5.91 Å². The molecule has 0 aromatic carbocycles. The summed E-state index contributed by atoms with van der Waals surface area (Å²) in [5, 5.41) is 2.71. The van der Waals surface area contributed by atoms with Crippen LogP contribution in [0.25, 0.3) is 0 Å². The smallest absolute Gasteiger partial charge is 0.324 e. The van der Waals surface area contributed by atoms with E-state index in [1.54, 1.807) is 13.8 Å². The lowest BCUT2D eigenvalue weighted by atomic mass is 10.1. The van der Waals surface area contributed by atoms with Gasteiger partial charge >= 0.3 is 6.03 Å². The molecule has 2 aliphatic rings. The molecule has 124 valence electrons. The van der Waals surface area contributed by atoms with Crippen LogP contribution in [0, 0.1) is 0 Å². The van der Waals surface area contributed by atoms with E-state index >= 15 is 0 Å². The Morgan fingerprint density at radius 2 is 2.09 bits per heavy atom. The first-order valence-corrected chi connectivity index (χ1v) is 8.11. The van der Waals surface area contributed by atoms with Crippen LogP contribution in [0.15, 0.2) is 6.20 Å². The van der Waals surface area contributed by atoms with E-state index in [4.69, 9.17) is 0 Å².